The summed E-state index contributed by atoms with van der Waals surface area (Å²) in [5.74, 6) is 0.137. The SMILES string of the molecule is CC1(C)CCCC1C(=O)Nc1cccc(C=O)c1. The van der Waals surface area contributed by atoms with Crippen LogP contribution >= 0.6 is 0 Å². The molecule has 96 valence electrons. The van der Waals surface area contributed by atoms with Crippen LogP contribution in [0.2, 0.25) is 0 Å². The van der Waals surface area contributed by atoms with Crippen LogP contribution < -0.4 is 5.32 Å². The molecule has 3 heteroatoms. The second-order valence-electron chi connectivity index (χ2n) is 5.67. The van der Waals surface area contributed by atoms with Crippen LogP contribution in [-0.4, -0.2) is 12.2 Å². The summed E-state index contributed by atoms with van der Waals surface area (Å²) in [7, 11) is 0. The molecule has 0 saturated heterocycles. The van der Waals surface area contributed by atoms with E-state index >= 15 is 0 Å². The van der Waals surface area contributed by atoms with Gasteiger partial charge in [-0.15, -0.1) is 0 Å². The van der Waals surface area contributed by atoms with Gasteiger partial charge in [-0.1, -0.05) is 32.4 Å². The van der Waals surface area contributed by atoms with Gasteiger partial charge in [0, 0.05) is 17.2 Å². The third kappa shape index (κ3) is 2.61. The number of amides is 1. The Morgan fingerprint density at radius 1 is 1.44 bits per heavy atom. The lowest BCUT2D eigenvalue weighted by molar-refractivity contribution is -0.122. The van der Waals surface area contributed by atoms with Gasteiger partial charge in [0.25, 0.3) is 0 Å². The molecule has 0 heterocycles. The predicted octanol–water partition coefficient (Wildman–Crippen LogP) is 3.26. The lowest BCUT2D eigenvalue weighted by Gasteiger charge is -2.25. The van der Waals surface area contributed by atoms with Crippen LogP contribution in [0.3, 0.4) is 0 Å². The Bertz CT molecular complexity index is 465. The third-order valence-corrected chi connectivity index (χ3v) is 3.86. The van der Waals surface area contributed by atoms with Crippen molar-refractivity contribution in [2.75, 3.05) is 5.32 Å². The van der Waals surface area contributed by atoms with Crippen LogP contribution in [0.15, 0.2) is 24.3 Å². The van der Waals surface area contributed by atoms with Crippen LogP contribution in [0.1, 0.15) is 43.5 Å². The Balaban J connectivity index is 2.09. The molecular formula is C15H19NO2. The summed E-state index contributed by atoms with van der Waals surface area (Å²) in [4.78, 5) is 22.9. The van der Waals surface area contributed by atoms with Gasteiger partial charge in [-0.3, -0.25) is 9.59 Å². The number of rotatable bonds is 3. The molecule has 1 amide bonds. The number of benzene rings is 1. The fourth-order valence-electron chi connectivity index (χ4n) is 2.73. The van der Waals surface area contributed by atoms with Crippen LogP contribution in [0.25, 0.3) is 0 Å². The van der Waals surface area contributed by atoms with Gasteiger partial charge in [0.1, 0.15) is 6.29 Å². The maximum absolute atomic E-state index is 12.2. The summed E-state index contributed by atoms with van der Waals surface area (Å²) in [5.41, 5.74) is 1.36. The van der Waals surface area contributed by atoms with E-state index in [1.54, 1.807) is 18.2 Å². The highest BCUT2D eigenvalue weighted by Gasteiger charge is 2.39. The topological polar surface area (TPSA) is 46.2 Å². The van der Waals surface area contributed by atoms with Gasteiger partial charge in [0.2, 0.25) is 5.91 Å². The molecule has 1 saturated carbocycles. The number of aldehydes is 1. The molecule has 1 atom stereocenters. The fourth-order valence-corrected chi connectivity index (χ4v) is 2.73. The highest BCUT2D eigenvalue weighted by molar-refractivity contribution is 5.94. The predicted molar refractivity (Wildman–Crippen MR) is 71.6 cm³/mol. The van der Waals surface area contributed by atoms with E-state index in [9.17, 15) is 9.59 Å². The first-order valence-corrected chi connectivity index (χ1v) is 6.39. The van der Waals surface area contributed by atoms with E-state index in [1.165, 1.54) is 0 Å². The molecule has 1 fully saturated rings. The van der Waals surface area contributed by atoms with Crippen molar-refractivity contribution in [2.45, 2.75) is 33.1 Å². The first-order valence-electron chi connectivity index (χ1n) is 6.39. The van der Waals surface area contributed by atoms with E-state index in [0.717, 1.165) is 25.5 Å². The Kier molecular flexibility index (Phi) is 3.50. The average molecular weight is 245 g/mol. The van der Waals surface area contributed by atoms with E-state index in [1.807, 2.05) is 6.07 Å². The minimum Gasteiger partial charge on any atom is -0.326 e. The molecule has 1 aromatic rings. The summed E-state index contributed by atoms with van der Waals surface area (Å²) in [6.45, 7) is 4.29. The zero-order chi connectivity index (χ0) is 13.2. The normalized spacial score (nSPS) is 21.6. The van der Waals surface area contributed by atoms with Gasteiger partial charge in [0.05, 0.1) is 0 Å². The van der Waals surface area contributed by atoms with E-state index in [-0.39, 0.29) is 17.2 Å². The van der Waals surface area contributed by atoms with Crippen molar-refractivity contribution in [1.82, 2.24) is 0 Å². The summed E-state index contributed by atoms with van der Waals surface area (Å²) < 4.78 is 0. The van der Waals surface area contributed by atoms with Gasteiger partial charge in [-0.05, 0) is 30.4 Å². The first kappa shape index (κ1) is 12.8. The van der Waals surface area contributed by atoms with E-state index < -0.39 is 0 Å². The molecule has 0 spiro atoms. The smallest absolute Gasteiger partial charge is 0.228 e. The molecule has 1 unspecified atom stereocenters. The molecule has 2 rings (SSSR count). The maximum Gasteiger partial charge on any atom is 0.228 e. The van der Waals surface area contributed by atoms with Crippen LogP contribution in [0, 0.1) is 11.3 Å². The van der Waals surface area contributed by atoms with Crippen molar-refractivity contribution in [3.05, 3.63) is 29.8 Å². The van der Waals surface area contributed by atoms with E-state index in [4.69, 9.17) is 0 Å². The van der Waals surface area contributed by atoms with Gasteiger partial charge < -0.3 is 5.32 Å². The number of nitrogens with one attached hydrogen (secondary N) is 1. The van der Waals surface area contributed by atoms with Gasteiger partial charge >= 0.3 is 0 Å². The minimum absolute atomic E-state index is 0.0670. The van der Waals surface area contributed by atoms with Gasteiger partial charge in [-0.2, -0.15) is 0 Å². The summed E-state index contributed by atoms with van der Waals surface area (Å²) in [6.07, 6.45) is 3.94. The summed E-state index contributed by atoms with van der Waals surface area (Å²) >= 11 is 0. The van der Waals surface area contributed by atoms with Crippen molar-refractivity contribution in [3.8, 4) is 0 Å². The van der Waals surface area contributed by atoms with Crippen molar-refractivity contribution in [1.29, 1.82) is 0 Å². The van der Waals surface area contributed by atoms with Gasteiger partial charge in [0.15, 0.2) is 0 Å². The molecule has 1 N–H and O–H groups in total. The van der Waals surface area contributed by atoms with Crippen molar-refractivity contribution < 1.29 is 9.59 Å². The average Bonchev–Trinajstić information content (AvgIpc) is 2.69. The standard InChI is InChI=1S/C15H19NO2/c1-15(2)8-4-7-13(15)14(18)16-12-6-3-5-11(9-12)10-17/h3,5-6,9-10,13H,4,7-8H2,1-2H3,(H,16,18). The van der Waals surface area contributed by atoms with Gasteiger partial charge in [-0.25, -0.2) is 0 Å². The Hall–Kier alpha value is -1.64. The Morgan fingerprint density at radius 2 is 2.22 bits per heavy atom. The number of hydrogen-bond acceptors (Lipinski definition) is 2. The third-order valence-electron chi connectivity index (χ3n) is 3.86. The molecule has 0 radical (unpaired) electrons. The largest absolute Gasteiger partial charge is 0.326 e. The highest BCUT2D eigenvalue weighted by atomic mass is 16.2. The quantitative estimate of drug-likeness (QED) is 0.831. The molecule has 0 aliphatic heterocycles. The second-order valence-corrected chi connectivity index (χ2v) is 5.67. The molecule has 0 bridgehead atoms. The van der Waals surface area contributed by atoms with Crippen LogP contribution in [0.4, 0.5) is 5.69 Å². The number of hydrogen-bond donors (Lipinski definition) is 1. The molecule has 1 aromatic carbocycles. The maximum atomic E-state index is 12.2. The van der Waals surface area contributed by atoms with E-state index in [2.05, 4.69) is 19.2 Å². The molecular weight excluding hydrogens is 226 g/mol. The number of anilines is 1. The van der Waals surface area contributed by atoms with Crippen molar-refractivity contribution >= 4 is 17.9 Å². The van der Waals surface area contributed by atoms with Crippen molar-refractivity contribution in [2.24, 2.45) is 11.3 Å². The molecule has 3 nitrogen and oxygen atoms in total. The van der Waals surface area contributed by atoms with Crippen molar-refractivity contribution in [3.63, 3.8) is 0 Å². The zero-order valence-electron chi connectivity index (χ0n) is 10.9. The summed E-state index contributed by atoms with van der Waals surface area (Å²) in [5, 5.41) is 2.92. The van der Waals surface area contributed by atoms with Crippen LogP contribution in [-0.2, 0) is 4.79 Å². The first-order chi connectivity index (χ1) is 8.53. The molecule has 1 aliphatic carbocycles. The number of carbonyl (C=O) groups excluding carboxylic acids is 2. The lowest BCUT2D eigenvalue weighted by Crippen LogP contribution is -2.30. The highest BCUT2D eigenvalue weighted by Crippen LogP contribution is 2.42. The molecule has 0 aromatic heterocycles. The monoisotopic (exact) mass is 245 g/mol. The van der Waals surface area contributed by atoms with E-state index in [0.29, 0.717) is 11.3 Å². The Morgan fingerprint density at radius 3 is 2.83 bits per heavy atom. The summed E-state index contributed by atoms with van der Waals surface area (Å²) in [6, 6.07) is 7.01. The zero-order valence-corrected chi connectivity index (χ0v) is 10.9. The Labute approximate surface area is 108 Å². The second kappa shape index (κ2) is 4.92. The lowest BCUT2D eigenvalue weighted by atomic mass is 9.81. The van der Waals surface area contributed by atoms with Crippen LogP contribution in [0.5, 0.6) is 0 Å². The molecule has 1 aliphatic rings. The number of carbonyl (C=O) groups is 2. The molecule has 18 heavy (non-hydrogen) atoms. The minimum atomic E-state index is 0.0670. The fraction of sp³-hybridized carbons (Fsp3) is 0.467.